The zero-order valence-electron chi connectivity index (χ0n) is 9.20. The Morgan fingerprint density at radius 2 is 2.31 bits per heavy atom. The fraction of sp³-hybridized carbons (Fsp3) is 0.636. The van der Waals surface area contributed by atoms with E-state index in [-0.39, 0.29) is 5.56 Å². The zero-order valence-corrected chi connectivity index (χ0v) is 9.20. The van der Waals surface area contributed by atoms with Gasteiger partial charge in [-0.05, 0) is 19.3 Å². The average Bonchev–Trinajstić information content (AvgIpc) is 3.12. The minimum absolute atomic E-state index is 0.000830. The Morgan fingerprint density at radius 3 is 3.00 bits per heavy atom. The Balaban J connectivity index is 1.95. The van der Waals surface area contributed by atoms with Crippen LogP contribution in [-0.2, 0) is 19.5 Å². The van der Waals surface area contributed by atoms with Crippen molar-refractivity contribution in [2.24, 2.45) is 5.73 Å². The van der Waals surface area contributed by atoms with Crippen molar-refractivity contribution in [2.45, 2.75) is 38.4 Å². The molecule has 1 saturated carbocycles. The molecule has 0 saturated heterocycles. The molecule has 5 heteroatoms. The Morgan fingerprint density at radius 1 is 1.50 bits per heavy atom. The monoisotopic (exact) mass is 220 g/mol. The average molecular weight is 220 g/mol. The first-order valence-electron chi connectivity index (χ1n) is 5.83. The van der Waals surface area contributed by atoms with Crippen molar-refractivity contribution in [3.63, 3.8) is 0 Å². The molecule has 1 fully saturated rings. The molecular formula is C11H16N4O. The summed E-state index contributed by atoms with van der Waals surface area (Å²) in [5.74, 6) is 0.599. The molecule has 0 atom stereocenters. The van der Waals surface area contributed by atoms with Gasteiger partial charge in [0.15, 0.2) is 0 Å². The fourth-order valence-corrected chi connectivity index (χ4v) is 2.36. The summed E-state index contributed by atoms with van der Waals surface area (Å²) in [4.78, 5) is 21.4. The minimum Gasteiger partial charge on any atom is -0.324 e. The number of nitrogens with one attached hydrogen (secondary N) is 1. The van der Waals surface area contributed by atoms with E-state index >= 15 is 0 Å². The van der Waals surface area contributed by atoms with E-state index in [9.17, 15) is 4.79 Å². The largest absolute Gasteiger partial charge is 0.324 e. The molecule has 0 amide bonds. The van der Waals surface area contributed by atoms with Crippen LogP contribution >= 0.6 is 0 Å². The number of nitrogens with zero attached hydrogens (tertiary/aromatic N) is 2. The highest BCUT2D eigenvalue weighted by Gasteiger charge is 2.32. The van der Waals surface area contributed by atoms with Gasteiger partial charge in [-0.1, -0.05) is 0 Å². The number of H-pyrrole nitrogens is 1. The molecule has 3 rings (SSSR count). The lowest BCUT2D eigenvalue weighted by Gasteiger charge is -2.27. The van der Waals surface area contributed by atoms with Gasteiger partial charge in [0.1, 0.15) is 5.82 Å². The second kappa shape index (κ2) is 3.68. The van der Waals surface area contributed by atoms with E-state index in [1.807, 2.05) is 0 Å². The van der Waals surface area contributed by atoms with Crippen LogP contribution in [0.5, 0.6) is 0 Å². The molecule has 86 valence electrons. The predicted molar refractivity (Wildman–Crippen MR) is 59.9 cm³/mol. The molecule has 1 aromatic rings. The summed E-state index contributed by atoms with van der Waals surface area (Å²) in [6, 6.07) is 0.732. The molecule has 0 aromatic carbocycles. The molecule has 5 nitrogen and oxygen atoms in total. The van der Waals surface area contributed by atoms with Crippen molar-refractivity contribution >= 4 is 0 Å². The highest BCUT2D eigenvalue weighted by Crippen LogP contribution is 2.30. The Kier molecular flexibility index (Phi) is 2.29. The first kappa shape index (κ1) is 9.99. The fourth-order valence-electron chi connectivity index (χ4n) is 2.36. The van der Waals surface area contributed by atoms with Gasteiger partial charge in [0.2, 0.25) is 0 Å². The summed E-state index contributed by atoms with van der Waals surface area (Å²) >= 11 is 0. The van der Waals surface area contributed by atoms with Crippen LogP contribution in [0.25, 0.3) is 0 Å². The Hall–Kier alpha value is -1.20. The van der Waals surface area contributed by atoms with Gasteiger partial charge in [0.25, 0.3) is 5.56 Å². The van der Waals surface area contributed by atoms with Crippen molar-refractivity contribution in [1.82, 2.24) is 14.9 Å². The zero-order chi connectivity index (χ0) is 11.1. The van der Waals surface area contributed by atoms with Gasteiger partial charge in [0, 0.05) is 24.7 Å². The predicted octanol–water partition coefficient (Wildman–Crippen LogP) is -0.251. The molecule has 1 aliphatic carbocycles. The van der Waals surface area contributed by atoms with Gasteiger partial charge in [-0.3, -0.25) is 9.69 Å². The van der Waals surface area contributed by atoms with Gasteiger partial charge in [-0.15, -0.1) is 0 Å². The van der Waals surface area contributed by atoms with Crippen molar-refractivity contribution in [3.8, 4) is 0 Å². The third-order valence-corrected chi connectivity index (χ3v) is 3.41. The molecular weight excluding hydrogens is 204 g/mol. The number of fused-ring (bicyclic) bond motifs is 1. The molecule has 3 N–H and O–H groups in total. The van der Waals surface area contributed by atoms with Crippen molar-refractivity contribution in [1.29, 1.82) is 0 Å². The first-order chi connectivity index (χ1) is 7.78. The van der Waals surface area contributed by atoms with E-state index in [4.69, 9.17) is 5.73 Å². The normalized spacial score (nSPS) is 20.8. The standard InChI is InChI=1S/C11H16N4O/c12-5-10-13-9-6-15(7-1-2-7)4-3-8(9)11(16)14-10/h7H,1-6,12H2,(H,13,14,16). The van der Waals surface area contributed by atoms with Crippen LogP contribution in [0.2, 0.25) is 0 Å². The minimum atomic E-state index is 0.000830. The second-order valence-electron chi connectivity index (χ2n) is 4.59. The number of hydrogen-bond donors (Lipinski definition) is 2. The van der Waals surface area contributed by atoms with E-state index < -0.39 is 0 Å². The third-order valence-electron chi connectivity index (χ3n) is 3.41. The van der Waals surface area contributed by atoms with Crippen LogP contribution in [-0.4, -0.2) is 27.5 Å². The van der Waals surface area contributed by atoms with E-state index in [1.54, 1.807) is 0 Å². The lowest BCUT2D eigenvalue weighted by molar-refractivity contribution is 0.238. The van der Waals surface area contributed by atoms with Gasteiger partial charge >= 0.3 is 0 Å². The van der Waals surface area contributed by atoms with Crippen molar-refractivity contribution < 1.29 is 0 Å². The van der Waals surface area contributed by atoms with Crippen LogP contribution in [0.1, 0.15) is 29.9 Å². The summed E-state index contributed by atoms with van der Waals surface area (Å²) < 4.78 is 0. The molecule has 0 radical (unpaired) electrons. The van der Waals surface area contributed by atoms with E-state index in [1.165, 1.54) is 12.8 Å². The number of aromatic nitrogens is 2. The highest BCUT2D eigenvalue weighted by molar-refractivity contribution is 5.21. The quantitative estimate of drug-likeness (QED) is 0.720. The molecule has 1 aliphatic heterocycles. The van der Waals surface area contributed by atoms with Crippen LogP contribution < -0.4 is 11.3 Å². The number of hydrogen-bond acceptors (Lipinski definition) is 4. The summed E-state index contributed by atoms with van der Waals surface area (Å²) in [6.07, 6.45) is 3.41. The van der Waals surface area contributed by atoms with E-state index in [0.717, 1.165) is 36.8 Å². The summed E-state index contributed by atoms with van der Waals surface area (Å²) in [6.45, 7) is 2.10. The lowest BCUT2D eigenvalue weighted by atomic mass is 10.1. The topological polar surface area (TPSA) is 75.0 Å². The Labute approximate surface area is 93.7 Å². The van der Waals surface area contributed by atoms with Gasteiger partial charge in [0.05, 0.1) is 12.2 Å². The van der Waals surface area contributed by atoms with Gasteiger partial charge in [-0.25, -0.2) is 4.98 Å². The van der Waals surface area contributed by atoms with E-state index in [2.05, 4.69) is 14.9 Å². The maximum Gasteiger partial charge on any atom is 0.254 e. The first-order valence-corrected chi connectivity index (χ1v) is 5.83. The van der Waals surface area contributed by atoms with Crippen molar-refractivity contribution in [3.05, 3.63) is 27.4 Å². The summed E-state index contributed by atoms with van der Waals surface area (Å²) in [5.41, 5.74) is 7.30. The van der Waals surface area contributed by atoms with Crippen LogP contribution in [0.3, 0.4) is 0 Å². The van der Waals surface area contributed by atoms with Gasteiger partial charge < -0.3 is 10.7 Å². The van der Waals surface area contributed by atoms with Crippen LogP contribution in [0.15, 0.2) is 4.79 Å². The second-order valence-corrected chi connectivity index (χ2v) is 4.59. The molecule has 2 heterocycles. The maximum atomic E-state index is 11.8. The maximum absolute atomic E-state index is 11.8. The van der Waals surface area contributed by atoms with E-state index in [0.29, 0.717) is 12.4 Å². The number of nitrogens with two attached hydrogens (primary N) is 1. The van der Waals surface area contributed by atoms with Crippen LogP contribution in [0.4, 0.5) is 0 Å². The molecule has 1 aromatic heterocycles. The Bertz CT molecular complexity index is 464. The number of aromatic amines is 1. The number of rotatable bonds is 2. The lowest BCUT2D eigenvalue weighted by Crippen LogP contribution is -2.37. The highest BCUT2D eigenvalue weighted by atomic mass is 16.1. The van der Waals surface area contributed by atoms with Crippen molar-refractivity contribution in [2.75, 3.05) is 6.54 Å². The SMILES string of the molecule is NCc1nc2c(c(=O)[nH]1)CCN(C1CC1)C2. The molecule has 16 heavy (non-hydrogen) atoms. The third kappa shape index (κ3) is 1.66. The molecule has 0 bridgehead atoms. The molecule has 0 unspecified atom stereocenters. The van der Waals surface area contributed by atoms with Gasteiger partial charge in [-0.2, -0.15) is 0 Å². The molecule has 0 spiro atoms. The van der Waals surface area contributed by atoms with Crippen LogP contribution in [0, 0.1) is 0 Å². The molecule has 2 aliphatic rings. The summed E-state index contributed by atoms with van der Waals surface area (Å²) in [5, 5.41) is 0. The smallest absolute Gasteiger partial charge is 0.254 e. The summed E-state index contributed by atoms with van der Waals surface area (Å²) in [7, 11) is 0.